The van der Waals surface area contributed by atoms with Crippen molar-refractivity contribution in [3.05, 3.63) is 35.2 Å². The molecule has 0 aliphatic rings. The number of carbonyl (C=O) groups is 1. The van der Waals surface area contributed by atoms with E-state index in [2.05, 4.69) is 25.9 Å². The predicted octanol–water partition coefficient (Wildman–Crippen LogP) is 0.195. The number of aromatic nitrogens is 4. The maximum atomic E-state index is 11.6. The Kier molecular flexibility index (Phi) is 2.94. The third-order valence-electron chi connectivity index (χ3n) is 2.07. The topological polar surface area (TPSA) is 131 Å². The number of amides is 1. The Morgan fingerprint density at radius 1 is 1.28 bits per heavy atom. The van der Waals surface area contributed by atoms with Crippen molar-refractivity contribution in [1.29, 1.82) is 10.5 Å². The van der Waals surface area contributed by atoms with Crippen molar-refractivity contribution in [3.8, 4) is 12.1 Å². The quantitative estimate of drug-likeness (QED) is 0.769. The van der Waals surface area contributed by atoms with Gasteiger partial charge in [-0.05, 0) is 23.4 Å². The van der Waals surface area contributed by atoms with Crippen LogP contribution in [-0.2, 0) is 0 Å². The van der Waals surface area contributed by atoms with Crippen molar-refractivity contribution in [1.82, 2.24) is 20.6 Å². The molecule has 2 aromatic rings. The summed E-state index contributed by atoms with van der Waals surface area (Å²) in [6, 6.07) is 8.11. The molecule has 0 aliphatic carbocycles. The molecule has 18 heavy (non-hydrogen) atoms. The Labute approximate surface area is 101 Å². The highest BCUT2D eigenvalue weighted by Gasteiger charge is 2.11. The molecular formula is C10H5N7O. The van der Waals surface area contributed by atoms with E-state index in [9.17, 15) is 4.79 Å². The van der Waals surface area contributed by atoms with Gasteiger partial charge in [-0.1, -0.05) is 0 Å². The maximum Gasteiger partial charge on any atom is 0.297 e. The molecule has 0 spiro atoms. The lowest BCUT2D eigenvalue weighted by atomic mass is 10.1. The molecule has 2 N–H and O–H groups in total. The van der Waals surface area contributed by atoms with Gasteiger partial charge in [-0.15, -0.1) is 10.2 Å². The molecule has 0 saturated heterocycles. The van der Waals surface area contributed by atoms with Crippen molar-refractivity contribution in [2.75, 3.05) is 5.32 Å². The number of hydrogen-bond acceptors (Lipinski definition) is 6. The van der Waals surface area contributed by atoms with Gasteiger partial charge in [0.2, 0.25) is 0 Å². The second-order valence-corrected chi connectivity index (χ2v) is 3.17. The first-order valence-corrected chi connectivity index (χ1v) is 4.73. The molecule has 1 aromatic carbocycles. The van der Waals surface area contributed by atoms with E-state index < -0.39 is 5.91 Å². The van der Waals surface area contributed by atoms with E-state index in [1.165, 1.54) is 18.2 Å². The average Bonchev–Trinajstić information content (AvgIpc) is 2.92. The van der Waals surface area contributed by atoms with Gasteiger partial charge in [0.1, 0.15) is 12.1 Å². The van der Waals surface area contributed by atoms with E-state index >= 15 is 0 Å². The van der Waals surface area contributed by atoms with Gasteiger partial charge in [0.25, 0.3) is 11.7 Å². The highest BCUT2D eigenvalue weighted by atomic mass is 16.2. The number of carbonyl (C=O) groups excluding carboxylic acids is 1. The number of benzene rings is 1. The standard InChI is InChI=1S/C10H5N7O/c11-4-6-1-2-8(3-7(6)5-12)13-10(18)9-14-16-17-15-9/h1-3H,(H,13,18)(H,14,15,16,17). The summed E-state index contributed by atoms with van der Waals surface area (Å²) in [4.78, 5) is 11.6. The molecule has 1 amide bonds. The van der Waals surface area contributed by atoms with Crippen molar-refractivity contribution in [3.63, 3.8) is 0 Å². The zero-order chi connectivity index (χ0) is 13.0. The summed E-state index contributed by atoms with van der Waals surface area (Å²) in [5.41, 5.74) is 0.804. The lowest BCUT2D eigenvalue weighted by Gasteiger charge is -2.03. The van der Waals surface area contributed by atoms with E-state index in [0.717, 1.165) is 0 Å². The molecule has 0 saturated carbocycles. The highest BCUT2D eigenvalue weighted by molar-refractivity contribution is 6.01. The van der Waals surface area contributed by atoms with Gasteiger partial charge in [-0.3, -0.25) is 4.79 Å². The van der Waals surface area contributed by atoms with Crippen LogP contribution < -0.4 is 5.32 Å². The van der Waals surface area contributed by atoms with Crippen LogP contribution in [0.1, 0.15) is 21.7 Å². The van der Waals surface area contributed by atoms with Gasteiger partial charge in [0.15, 0.2) is 0 Å². The van der Waals surface area contributed by atoms with E-state index in [0.29, 0.717) is 5.69 Å². The van der Waals surface area contributed by atoms with Crippen molar-refractivity contribution in [2.24, 2.45) is 0 Å². The van der Waals surface area contributed by atoms with Crippen LogP contribution in [-0.4, -0.2) is 26.5 Å². The second kappa shape index (κ2) is 4.72. The molecule has 8 heteroatoms. The molecule has 0 radical (unpaired) electrons. The molecule has 0 bridgehead atoms. The fraction of sp³-hybridized carbons (Fsp3) is 0. The minimum atomic E-state index is -0.558. The molecule has 8 nitrogen and oxygen atoms in total. The van der Waals surface area contributed by atoms with E-state index in [-0.39, 0.29) is 17.0 Å². The van der Waals surface area contributed by atoms with Crippen LogP contribution in [0.25, 0.3) is 0 Å². The van der Waals surface area contributed by atoms with Gasteiger partial charge >= 0.3 is 0 Å². The summed E-state index contributed by atoms with van der Waals surface area (Å²) in [5.74, 6) is -0.671. The summed E-state index contributed by atoms with van der Waals surface area (Å²) in [7, 11) is 0. The number of nitrogens with zero attached hydrogens (tertiary/aromatic N) is 5. The molecule has 1 aromatic heterocycles. The normalized spacial score (nSPS) is 9.22. The number of anilines is 1. The van der Waals surface area contributed by atoms with Gasteiger partial charge in [0, 0.05) is 5.69 Å². The molecule has 1 heterocycles. The minimum Gasteiger partial charge on any atom is -0.319 e. The third kappa shape index (κ3) is 2.13. The molecule has 86 valence electrons. The smallest absolute Gasteiger partial charge is 0.297 e. The summed E-state index contributed by atoms with van der Waals surface area (Å²) < 4.78 is 0. The van der Waals surface area contributed by atoms with Gasteiger partial charge < -0.3 is 5.32 Å². The summed E-state index contributed by atoms with van der Waals surface area (Å²) >= 11 is 0. The van der Waals surface area contributed by atoms with Gasteiger partial charge in [-0.25, -0.2) is 0 Å². The Bertz CT molecular complexity index is 663. The summed E-state index contributed by atoms with van der Waals surface area (Å²) in [5, 5.41) is 32.5. The fourth-order valence-corrected chi connectivity index (χ4v) is 1.26. The van der Waals surface area contributed by atoms with Crippen LogP contribution in [0.2, 0.25) is 0 Å². The Morgan fingerprint density at radius 3 is 2.67 bits per heavy atom. The number of hydrogen-bond donors (Lipinski definition) is 2. The van der Waals surface area contributed by atoms with Gasteiger partial charge in [0.05, 0.1) is 11.1 Å². The molecule has 0 unspecified atom stereocenters. The SMILES string of the molecule is N#Cc1ccc(NC(=O)c2nn[nH]n2)cc1C#N. The van der Waals surface area contributed by atoms with Crippen molar-refractivity contribution in [2.45, 2.75) is 0 Å². The van der Waals surface area contributed by atoms with E-state index in [4.69, 9.17) is 10.5 Å². The lowest BCUT2D eigenvalue weighted by Crippen LogP contribution is -2.14. The fourth-order valence-electron chi connectivity index (χ4n) is 1.26. The number of rotatable bonds is 2. The Morgan fingerprint density at radius 2 is 2.06 bits per heavy atom. The highest BCUT2D eigenvalue weighted by Crippen LogP contribution is 2.14. The summed E-state index contributed by atoms with van der Waals surface area (Å²) in [6.07, 6.45) is 0. The molecule has 0 atom stereocenters. The zero-order valence-electron chi connectivity index (χ0n) is 8.88. The largest absolute Gasteiger partial charge is 0.319 e. The first-order valence-electron chi connectivity index (χ1n) is 4.73. The first-order chi connectivity index (χ1) is 8.74. The Hall–Kier alpha value is -3.26. The average molecular weight is 239 g/mol. The monoisotopic (exact) mass is 239 g/mol. The van der Waals surface area contributed by atoms with Gasteiger partial charge in [-0.2, -0.15) is 15.7 Å². The van der Waals surface area contributed by atoms with Crippen LogP contribution in [0.15, 0.2) is 18.2 Å². The molecule has 0 fully saturated rings. The van der Waals surface area contributed by atoms with Crippen LogP contribution in [0.4, 0.5) is 5.69 Å². The molecular weight excluding hydrogens is 234 g/mol. The van der Waals surface area contributed by atoms with E-state index in [1.54, 1.807) is 0 Å². The van der Waals surface area contributed by atoms with Crippen LogP contribution >= 0.6 is 0 Å². The minimum absolute atomic E-state index is 0.113. The summed E-state index contributed by atoms with van der Waals surface area (Å²) in [6.45, 7) is 0. The molecule has 2 rings (SSSR count). The number of nitrogens with one attached hydrogen (secondary N) is 2. The maximum absolute atomic E-state index is 11.6. The zero-order valence-corrected chi connectivity index (χ0v) is 8.88. The predicted molar refractivity (Wildman–Crippen MR) is 58.0 cm³/mol. The van der Waals surface area contributed by atoms with Crippen LogP contribution in [0.3, 0.4) is 0 Å². The first kappa shape index (κ1) is 11.2. The van der Waals surface area contributed by atoms with Crippen LogP contribution in [0, 0.1) is 22.7 Å². The Balaban J connectivity index is 2.24. The second-order valence-electron chi connectivity index (χ2n) is 3.17. The van der Waals surface area contributed by atoms with E-state index in [1.807, 2.05) is 12.1 Å². The number of aromatic amines is 1. The lowest BCUT2D eigenvalue weighted by molar-refractivity contribution is 0.101. The third-order valence-corrected chi connectivity index (χ3v) is 2.07. The number of nitriles is 2. The van der Waals surface area contributed by atoms with Crippen LogP contribution in [0.5, 0.6) is 0 Å². The van der Waals surface area contributed by atoms with Crippen molar-refractivity contribution >= 4 is 11.6 Å². The van der Waals surface area contributed by atoms with Crippen molar-refractivity contribution < 1.29 is 4.79 Å². The molecule has 0 aliphatic heterocycles. The number of tetrazole rings is 1. The number of H-pyrrole nitrogens is 1.